The van der Waals surface area contributed by atoms with E-state index in [1.165, 1.54) is 7.11 Å². The zero-order valence-corrected chi connectivity index (χ0v) is 21.5. The van der Waals surface area contributed by atoms with Gasteiger partial charge in [0.2, 0.25) is 0 Å². The number of carbonyl (C=O) groups is 1. The number of methoxy groups -OCH3 is 1. The van der Waals surface area contributed by atoms with E-state index in [2.05, 4.69) is 37.0 Å². The van der Waals surface area contributed by atoms with Crippen molar-refractivity contribution in [3.63, 3.8) is 0 Å². The second-order valence-corrected chi connectivity index (χ2v) is 10.5. The van der Waals surface area contributed by atoms with Crippen LogP contribution in [-0.4, -0.2) is 35.3 Å². The summed E-state index contributed by atoms with van der Waals surface area (Å²) in [5.74, 6) is 0.606. The lowest BCUT2D eigenvalue weighted by Gasteiger charge is -2.28. The minimum absolute atomic E-state index is 0.00835. The molecule has 0 radical (unpaired) electrons. The van der Waals surface area contributed by atoms with E-state index in [1.807, 2.05) is 47.5 Å². The van der Waals surface area contributed by atoms with Gasteiger partial charge in [-0.3, -0.25) is 0 Å². The highest BCUT2D eigenvalue weighted by Gasteiger charge is 2.33. The van der Waals surface area contributed by atoms with Gasteiger partial charge in [-0.2, -0.15) is 5.10 Å². The Hall–Kier alpha value is -3.51. The maximum absolute atomic E-state index is 12.7. The first-order valence-corrected chi connectivity index (χ1v) is 12.5. The van der Waals surface area contributed by atoms with Crippen LogP contribution >= 0.6 is 11.6 Å². The lowest BCUT2D eigenvalue weighted by molar-refractivity contribution is 0.0600. The number of aromatic nitrogens is 2. The third-order valence-electron chi connectivity index (χ3n) is 6.93. The van der Waals surface area contributed by atoms with Crippen LogP contribution in [0.25, 0.3) is 5.57 Å². The second kappa shape index (κ2) is 9.86. The molecule has 36 heavy (non-hydrogen) atoms. The molecule has 7 heteroatoms. The number of rotatable bonds is 5. The van der Waals surface area contributed by atoms with Gasteiger partial charge in [-0.15, -0.1) is 0 Å². The van der Waals surface area contributed by atoms with Gasteiger partial charge in [-0.05, 0) is 53.5 Å². The Morgan fingerprint density at radius 3 is 2.53 bits per heavy atom. The van der Waals surface area contributed by atoms with Crippen molar-refractivity contribution in [2.24, 2.45) is 10.5 Å². The highest BCUT2D eigenvalue weighted by molar-refractivity contribution is 6.30. The van der Waals surface area contributed by atoms with E-state index in [9.17, 15) is 4.79 Å². The monoisotopic (exact) mass is 500 g/mol. The van der Waals surface area contributed by atoms with Gasteiger partial charge in [-0.1, -0.05) is 74.0 Å². The molecule has 6 nitrogen and oxygen atoms in total. The summed E-state index contributed by atoms with van der Waals surface area (Å²) in [6, 6.07) is 17.9. The molecule has 0 saturated carbocycles. The minimum Gasteiger partial charge on any atom is -0.465 e. The number of halogens is 1. The number of hydrazone groups is 1. The fourth-order valence-corrected chi connectivity index (χ4v) is 4.85. The van der Waals surface area contributed by atoms with Crippen LogP contribution in [0.2, 0.25) is 5.02 Å². The van der Waals surface area contributed by atoms with E-state index in [4.69, 9.17) is 26.4 Å². The number of hydrogen-bond donors (Lipinski definition) is 0. The molecule has 0 amide bonds. The molecule has 5 rings (SSSR count). The van der Waals surface area contributed by atoms with E-state index in [0.29, 0.717) is 28.8 Å². The third-order valence-corrected chi connectivity index (χ3v) is 7.19. The second-order valence-electron chi connectivity index (χ2n) is 10.1. The summed E-state index contributed by atoms with van der Waals surface area (Å²) in [5, 5.41) is 7.47. The number of carbonyl (C=O) groups excluding carboxylic acids is 1. The number of nitrogens with zero attached hydrogens (tertiary/aromatic N) is 4. The Kier molecular flexibility index (Phi) is 6.63. The average Bonchev–Trinajstić information content (AvgIpc) is 3.34. The Morgan fingerprint density at radius 2 is 1.86 bits per heavy atom. The lowest BCUT2D eigenvalue weighted by Crippen LogP contribution is -2.23. The number of esters is 1. The predicted molar refractivity (Wildman–Crippen MR) is 143 cm³/mol. The van der Waals surface area contributed by atoms with Gasteiger partial charge in [0.05, 0.1) is 19.4 Å². The van der Waals surface area contributed by atoms with Crippen molar-refractivity contribution in [1.82, 2.24) is 9.97 Å². The van der Waals surface area contributed by atoms with E-state index in [0.717, 1.165) is 41.7 Å². The zero-order chi connectivity index (χ0) is 25.3. The van der Waals surface area contributed by atoms with Gasteiger partial charge >= 0.3 is 5.97 Å². The molecule has 1 aliphatic carbocycles. The van der Waals surface area contributed by atoms with Crippen molar-refractivity contribution < 1.29 is 9.53 Å². The van der Waals surface area contributed by atoms with E-state index >= 15 is 0 Å². The van der Waals surface area contributed by atoms with E-state index in [1.54, 1.807) is 6.20 Å². The summed E-state index contributed by atoms with van der Waals surface area (Å²) >= 11 is 6.15. The number of hydrogen-bond acceptors (Lipinski definition) is 6. The summed E-state index contributed by atoms with van der Waals surface area (Å²) in [6.45, 7) is 5.08. The molecule has 2 aromatic carbocycles. The molecule has 2 heterocycles. The predicted octanol–water partition coefficient (Wildman–Crippen LogP) is 6.52. The van der Waals surface area contributed by atoms with E-state index in [-0.39, 0.29) is 11.3 Å². The summed E-state index contributed by atoms with van der Waals surface area (Å²) in [5.41, 5.74) is 4.68. The summed E-state index contributed by atoms with van der Waals surface area (Å²) in [7, 11) is 1.37. The number of anilines is 1. The van der Waals surface area contributed by atoms with Crippen LogP contribution in [0.1, 0.15) is 66.3 Å². The van der Waals surface area contributed by atoms with Crippen molar-refractivity contribution >= 4 is 34.7 Å². The van der Waals surface area contributed by atoms with Crippen LogP contribution in [0.3, 0.4) is 0 Å². The van der Waals surface area contributed by atoms with E-state index < -0.39 is 5.97 Å². The SMILES string of the molecule is COC(=O)c1cnc(C2=CCC(C)(C)CC2)nc1N1CC(c2ccccc2)C(c2ccc(Cl)cc2)=N1. The Bertz CT molecular complexity index is 1330. The molecule has 1 atom stereocenters. The van der Waals surface area contributed by atoms with Crippen LogP contribution in [0, 0.1) is 5.41 Å². The van der Waals surface area contributed by atoms with Crippen molar-refractivity contribution in [3.8, 4) is 0 Å². The molecule has 184 valence electrons. The van der Waals surface area contributed by atoms with Crippen molar-refractivity contribution in [2.75, 3.05) is 18.7 Å². The Labute approximate surface area is 216 Å². The highest BCUT2D eigenvalue weighted by Crippen LogP contribution is 2.38. The molecule has 0 saturated heterocycles. The normalized spacial score (nSPS) is 19.0. The first kappa shape index (κ1) is 24.2. The largest absolute Gasteiger partial charge is 0.465 e. The first-order valence-electron chi connectivity index (χ1n) is 12.2. The number of allylic oxidation sites excluding steroid dienone is 2. The molecule has 0 spiro atoms. The van der Waals surface area contributed by atoms with Crippen molar-refractivity contribution in [3.05, 3.63) is 94.4 Å². The molecule has 0 bridgehead atoms. The number of ether oxygens (including phenoxy) is 1. The van der Waals surface area contributed by atoms with Gasteiger partial charge in [0.1, 0.15) is 5.56 Å². The van der Waals surface area contributed by atoms with Crippen LogP contribution in [0.5, 0.6) is 0 Å². The molecule has 0 N–H and O–H groups in total. The summed E-state index contributed by atoms with van der Waals surface area (Å²) < 4.78 is 5.06. The van der Waals surface area contributed by atoms with Gasteiger partial charge < -0.3 is 4.74 Å². The van der Waals surface area contributed by atoms with Crippen LogP contribution < -0.4 is 5.01 Å². The summed E-state index contributed by atoms with van der Waals surface area (Å²) in [6.07, 6.45) is 6.72. The standard InChI is InChI=1S/C29H29ClN4O2/c1-29(2)15-13-21(14-16-29)26-31-17-23(28(35)36-3)27(32-26)34-18-24(19-7-5-4-6-8-19)25(33-34)20-9-11-22(30)12-10-20/h4-13,17,24H,14-16,18H2,1-3H3. The van der Waals surface area contributed by atoms with Crippen molar-refractivity contribution in [1.29, 1.82) is 0 Å². The third kappa shape index (κ3) is 4.91. The Balaban J connectivity index is 1.59. The van der Waals surface area contributed by atoms with Gasteiger partial charge in [0, 0.05) is 17.1 Å². The average molecular weight is 501 g/mol. The molecule has 3 aromatic rings. The molecule has 1 aromatic heterocycles. The topological polar surface area (TPSA) is 67.7 Å². The highest BCUT2D eigenvalue weighted by atomic mass is 35.5. The van der Waals surface area contributed by atoms with Crippen LogP contribution in [0.4, 0.5) is 5.82 Å². The molecule has 2 aliphatic rings. The summed E-state index contributed by atoms with van der Waals surface area (Å²) in [4.78, 5) is 22.1. The maximum Gasteiger partial charge on any atom is 0.343 e. The molecule has 1 aliphatic heterocycles. The number of benzene rings is 2. The fraction of sp³-hybridized carbons (Fsp3) is 0.310. The molecular weight excluding hydrogens is 472 g/mol. The van der Waals surface area contributed by atoms with Crippen molar-refractivity contribution in [2.45, 2.75) is 39.0 Å². The fourth-order valence-electron chi connectivity index (χ4n) is 4.72. The van der Waals surface area contributed by atoms with Gasteiger partial charge in [0.15, 0.2) is 11.6 Å². The van der Waals surface area contributed by atoms with Crippen LogP contribution in [0.15, 0.2) is 72.0 Å². The quantitative estimate of drug-likeness (QED) is 0.373. The smallest absolute Gasteiger partial charge is 0.343 e. The van der Waals surface area contributed by atoms with Gasteiger partial charge in [-0.25, -0.2) is 19.8 Å². The minimum atomic E-state index is -0.485. The maximum atomic E-state index is 12.7. The molecule has 1 unspecified atom stereocenters. The first-order chi connectivity index (χ1) is 17.3. The Morgan fingerprint density at radius 1 is 1.11 bits per heavy atom. The lowest BCUT2D eigenvalue weighted by atomic mass is 9.78. The molecule has 0 fully saturated rings. The molecular formula is C29H29ClN4O2. The zero-order valence-electron chi connectivity index (χ0n) is 20.7. The van der Waals surface area contributed by atoms with Crippen LogP contribution in [-0.2, 0) is 4.74 Å². The van der Waals surface area contributed by atoms with Gasteiger partial charge in [0.25, 0.3) is 0 Å².